The number of nitrogens with zero attached hydrogens (tertiary/aromatic N) is 1. The highest BCUT2D eigenvalue weighted by Gasteiger charge is 2.26. The van der Waals surface area contributed by atoms with Crippen LogP contribution < -0.4 is 0 Å². The van der Waals surface area contributed by atoms with Crippen LogP contribution >= 0.6 is 0 Å². The number of hydrogen-bond acceptors (Lipinski definition) is 2. The molecule has 4 heteroatoms. The van der Waals surface area contributed by atoms with Gasteiger partial charge in [0.2, 0.25) is 0 Å². The number of benzene rings is 2. The summed E-state index contributed by atoms with van der Waals surface area (Å²) < 4.78 is 28.4. The van der Waals surface area contributed by atoms with E-state index in [9.17, 15) is 8.42 Å². The minimum absolute atomic E-state index is 0.354. The summed E-state index contributed by atoms with van der Waals surface area (Å²) >= 11 is 0. The second kappa shape index (κ2) is 7.35. The van der Waals surface area contributed by atoms with Crippen LogP contribution in [0.4, 0.5) is 0 Å². The van der Waals surface area contributed by atoms with Crippen molar-refractivity contribution in [1.29, 1.82) is 0 Å². The fraction of sp³-hybridized carbons (Fsp3) is 0.304. The van der Waals surface area contributed by atoms with Gasteiger partial charge in [0.1, 0.15) is 0 Å². The minimum Gasteiger partial charge on any atom is -0.245 e. The number of aryl methyl sites for hydroxylation is 1. The maximum absolute atomic E-state index is 13.4. The molecule has 0 atom stereocenters. The first-order valence-corrected chi connectivity index (χ1v) is 11.1. The average molecular weight is 380 g/mol. The molecule has 0 N–H and O–H groups in total. The van der Waals surface area contributed by atoms with E-state index in [0.29, 0.717) is 4.90 Å². The average Bonchev–Trinajstić information content (AvgIpc) is 3.01. The molecule has 1 aromatic heterocycles. The Morgan fingerprint density at radius 3 is 2.19 bits per heavy atom. The van der Waals surface area contributed by atoms with Crippen LogP contribution in [0.25, 0.3) is 11.1 Å². The Morgan fingerprint density at radius 2 is 1.48 bits per heavy atom. The van der Waals surface area contributed by atoms with E-state index in [1.807, 2.05) is 43.5 Å². The maximum atomic E-state index is 13.4. The fourth-order valence-electron chi connectivity index (χ4n) is 3.95. The van der Waals surface area contributed by atoms with Crippen LogP contribution in [0.5, 0.6) is 0 Å². The van der Waals surface area contributed by atoms with Crippen LogP contribution in [0.1, 0.15) is 42.5 Å². The van der Waals surface area contributed by atoms with Crippen LogP contribution in [-0.2, 0) is 22.9 Å². The second-order valence-electron chi connectivity index (χ2n) is 7.36. The molecule has 1 heterocycles. The van der Waals surface area contributed by atoms with Gasteiger partial charge in [0.15, 0.2) is 0 Å². The third-order valence-corrected chi connectivity index (χ3v) is 7.15. The lowest BCUT2D eigenvalue weighted by atomic mass is 9.94. The van der Waals surface area contributed by atoms with Crippen molar-refractivity contribution in [3.8, 4) is 11.1 Å². The Hall–Kier alpha value is -2.33. The van der Waals surface area contributed by atoms with E-state index in [-0.39, 0.29) is 0 Å². The van der Waals surface area contributed by atoms with Gasteiger partial charge in [-0.15, -0.1) is 0 Å². The monoisotopic (exact) mass is 379 g/mol. The third-order valence-electron chi connectivity index (χ3n) is 5.44. The topological polar surface area (TPSA) is 39.1 Å². The van der Waals surface area contributed by atoms with E-state index in [0.717, 1.165) is 54.5 Å². The SMILES string of the molecule is Cc1ccc(S(=O)(=O)n2cc(-c3ccccc3)c3c2CCCCCC3)cc1. The van der Waals surface area contributed by atoms with Gasteiger partial charge in [0, 0.05) is 17.5 Å². The molecule has 1 aliphatic rings. The molecule has 4 rings (SSSR count). The number of fused-ring (bicyclic) bond motifs is 1. The van der Waals surface area contributed by atoms with Crippen molar-refractivity contribution in [3.05, 3.63) is 77.6 Å². The molecular weight excluding hydrogens is 354 g/mol. The van der Waals surface area contributed by atoms with E-state index in [4.69, 9.17) is 0 Å². The number of hydrogen-bond donors (Lipinski definition) is 0. The van der Waals surface area contributed by atoms with E-state index >= 15 is 0 Å². The minimum atomic E-state index is -3.60. The Labute approximate surface area is 161 Å². The van der Waals surface area contributed by atoms with Gasteiger partial charge < -0.3 is 0 Å². The number of rotatable bonds is 3. The van der Waals surface area contributed by atoms with Crippen LogP contribution in [0.3, 0.4) is 0 Å². The Balaban J connectivity index is 1.91. The van der Waals surface area contributed by atoms with Crippen LogP contribution in [0.15, 0.2) is 65.7 Å². The van der Waals surface area contributed by atoms with Crippen molar-refractivity contribution in [2.75, 3.05) is 0 Å². The molecule has 0 radical (unpaired) electrons. The summed E-state index contributed by atoms with van der Waals surface area (Å²) in [5.41, 5.74) is 5.38. The third kappa shape index (κ3) is 3.46. The predicted molar refractivity (Wildman–Crippen MR) is 110 cm³/mol. The molecule has 1 aliphatic carbocycles. The van der Waals surface area contributed by atoms with Crippen molar-refractivity contribution in [2.24, 2.45) is 0 Å². The van der Waals surface area contributed by atoms with Gasteiger partial charge in [-0.2, -0.15) is 0 Å². The van der Waals surface area contributed by atoms with Gasteiger partial charge in [-0.3, -0.25) is 0 Å². The molecule has 0 saturated heterocycles. The summed E-state index contributed by atoms with van der Waals surface area (Å²) in [6.07, 6.45) is 8.12. The largest absolute Gasteiger partial charge is 0.267 e. The summed E-state index contributed by atoms with van der Waals surface area (Å²) in [6.45, 7) is 1.97. The van der Waals surface area contributed by atoms with Crippen molar-refractivity contribution < 1.29 is 8.42 Å². The first-order valence-electron chi connectivity index (χ1n) is 9.68. The predicted octanol–water partition coefficient (Wildman–Crippen LogP) is 5.36. The molecule has 2 aromatic carbocycles. The smallest absolute Gasteiger partial charge is 0.245 e. The van der Waals surface area contributed by atoms with Gasteiger partial charge in [-0.25, -0.2) is 12.4 Å². The standard InChI is InChI=1S/C23H25NO2S/c1-18-13-15-20(16-14-18)27(25,26)24-17-22(19-9-5-4-6-10-19)21-11-7-2-3-8-12-23(21)24/h4-6,9-10,13-17H,2-3,7-8,11-12H2,1H3. The second-order valence-corrected chi connectivity index (χ2v) is 9.18. The van der Waals surface area contributed by atoms with E-state index < -0.39 is 10.0 Å². The van der Waals surface area contributed by atoms with Crippen LogP contribution in [0.2, 0.25) is 0 Å². The van der Waals surface area contributed by atoms with Gasteiger partial charge >= 0.3 is 0 Å². The Bertz CT molecular complexity index is 1030. The zero-order chi connectivity index (χ0) is 18.9. The van der Waals surface area contributed by atoms with E-state index in [1.165, 1.54) is 12.0 Å². The zero-order valence-corrected chi connectivity index (χ0v) is 16.5. The van der Waals surface area contributed by atoms with Crippen LogP contribution in [-0.4, -0.2) is 12.4 Å². The van der Waals surface area contributed by atoms with Crippen molar-refractivity contribution >= 4 is 10.0 Å². The fourth-order valence-corrected chi connectivity index (χ4v) is 5.40. The molecule has 140 valence electrons. The van der Waals surface area contributed by atoms with Gasteiger partial charge in [-0.1, -0.05) is 60.9 Å². The van der Waals surface area contributed by atoms with Gasteiger partial charge in [-0.05, 0) is 55.9 Å². The summed E-state index contributed by atoms with van der Waals surface area (Å²) in [6, 6.07) is 17.3. The summed E-state index contributed by atoms with van der Waals surface area (Å²) in [5.74, 6) is 0. The first kappa shape index (κ1) is 18.1. The molecule has 0 saturated carbocycles. The molecule has 0 aliphatic heterocycles. The lowest BCUT2D eigenvalue weighted by molar-refractivity contribution is 0.577. The quantitative estimate of drug-likeness (QED) is 0.614. The van der Waals surface area contributed by atoms with Crippen molar-refractivity contribution in [3.63, 3.8) is 0 Å². The molecule has 0 unspecified atom stereocenters. The highest BCUT2D eigenvalue weighted by Crippen LogP contribution is 2.34. The lowest BCUT2D eigenvalue weighted by Crippen LogP contribution is -2.16. The highest BCUT2D eigenvalue weighted by atomic mass is 32.2. The summed E-state index contributed by atoms with van der Waals surface area (Å²) in [5, 5.41) is 0. The molecular formula is C23H25NO2S. The van der Waals surface area contributed by atoms with Gasteiger partial charge in [0.05, 0.1) is 4.90 Å². The molecule has 3 aromatic rings. The molecule has 0 bridgehead atoms. The van der Waals surface area contributed by atoms with E-state index in [1.54, 1.807) is 16.1 Å². The highest BCUT2D eigenvalue weighted by molar-refractivity contribution is 7.90. The molecule has 3 nitrogen and oxygen atoms in total. The molecule has 0 fully saturated rings. The summed E-state index contributed by atoms with van der Waals surface area (Å²) in [7, 11) is -3.60. The van der Waals surface area contributed by atoms with Crippen molar-refractivity contribution in [1.82, 2.24) is 3.97 Å². The molecule has 0 spiro atoms. The van der Waals surface area contributed by atoms with E-state index in [2.05, 4.69) is 12.1 Å². The normalized spacial score (nSPS) is 15.0. The van der Waals surface area contributed by atoms with Gasteiger partial charge in [0.25, 0.3) is 10.0 Å². The van der Waals surface area contributed by atoms with Crippen LogP contribution in [0, 0.1) is 6.92 Å². The lowest BCUT2D eigenvalue weighted by Gasteiger charge is -2.15. The Kier molecular flexibility index (Phi) is 4.92. The number of aromatic nitrogens is 1. The first-order chi connectivity index (χ1) is 13.1. The maximum Gasteiger partial charge on any atom is 0.267 e. The molecule has 0 amide bonds. The molecule has 27 heavy (non-hydrogen) atoms. The Morgan fingerprint density at radius 1 is 0.815 bits per heavy atom. The zero-order valence-electron chi connectivity index (χ0n) is 15.7. The summed E-state index contributed by atoms with van der Waals surface area (Å²) in [4.78, 5) is 0.354. The van der Waals surface area contributed by atoms with Crippen molar-refractivity contribution in [2.45, 2.75) is 50.3 Å².